The SMILES string of the molecule is Cn1[nH]c2c(c1=O)CCN(C(=O)OC(C)(C)C)C2. The van der Waals surface area contributed by atoms with Crippen molar-refractivity contribution in [2.75, 3.05) is 6.54 Å². The molecule has 0 fully saturated rings. The average Bonchev–Trinajstić information content (AvgIpc) is 2.52. The third kappa shape index (κ3) is 2.42. The number of nitrogens with one attached hydrogen (secondary N) is 1. The molecule has 1 aromatic rings. The number of carbonyl (C=O) groups is 1. The van der Waals surface area contributed by atoms with Crippen molar-refractivity contribution in [2.24, 2.45) is 7.05 Å². The number of fused-ring (bicyclic) bond motifs is 1. The Morgan fingerprint density at radius 2 is 2.06 bits per heavy atom. The number of carbonyl (C=O) groups excluding carboxylic acids is 1. The molecule has 0 bridgehead atoms. The van der Waals surface area contributed by atoms with Gasteiger partial charge in [-0.15, -0.1) is 0 Å². The van der Waals surface area contributed by atoms with Crippen molar-refractivity contribution in [2.45, 2.75) is 39.3 Å². The largest absolute Gasteiger partial charge is 0.444 e. The summed E-state index contributed by atoms with van der Waals surface area (Å²) in [5, 5.41) is 2.97. The maximum atomic E-state index is 11.9. The highest BCUT2D eigenvalue weighted by atomic mass is 16.6. The number of aryl methyl sites for hydroxylation is 1. The number of H-pyrrole nitrogens is 1. The molecule has 0 saturated heterocycles. The normalized spacial score (nSPS) is 15.4. The van der Waals surface area contributed by atoms with Gasteiger partial charge in [0.1, 0.15) is 5.60 Å². The summed E-state index contributed by atoms with van der Waals surface area (Å²) in [6, 6.07) is 0. The third-order valence-electron chi connectivity index (χ3n) is 2.86. The van der Waals surface area contributed by atoms with Crippen LogP contribution < -0.4 is 5.56 Å². The first-order chi connectivity index (χ1) is 8.28. The summed E-state index contributed by atoms with van der Waals surface area (Å²) in [5.74, 6) is 0. The van der Waals surface area contributed by atoms with Crippen LogP contribution in [0.5, 0.6) is 0 Å². The summed E-state index contributed by atoms with van der Waals surface area (Å²) in [4.78, 5) is 25.3. The summed E-state index contributed by atoms with van der Waals surface area (Å²) in [7, 11) is 1.68. The topological polar surface area (TPSA) is 67.3 Å². The molecule has 1 aromatic heterocycles. The van der Waals surface area contributed by atoms with Crippen LogP contribution in [0.2, 0.25) is 0 Å². The number of nitrogens with zero attached hydrogens (tertiary/aromatic N) is 2. The van der Waals surface area contributed by atoms with Crippen molar-refractivity contribution in [3.8, 4) is 0 Å². The smallest absolute Gasteiger partial charge is 0.410 e. The van der Waals surface area contributed by atoms with Gasteiger partial charge in [-0.05, 0) is 27.2 Å². The number of rotatable bonds is 0. The molecule has 0 atom stereocenters. The fourth-order valence-electron chi connectivity index (χ4n) is 2.04. The van der Waals surface area contributed by atoms with Gasteiger partial charge in [-0.3, -0.25) is 14.6 Å². The Labute approximate surface area is 106 Å². The molecule has 0 radical (unpaired) electrons. The minimum atomic E-state index is -0.499. The first kappa shape index (κ1) is 12.7. The van der Waals surface area contributed by atoms with E-state index in [9.17, 15) is 9.59 Å². The Morgan fingerprint density at radius 3 is 2.67 bits per heavy atom. The third-order valence-corrected chi connectivity index (χ3v) is 2.86. The molecular weight excluding hydrogens is 234 g/mol. The zero-order valence-corrected chi connectivity index (χ0v) is 11.2. The molecular formula is C12H19N3O3. The molecule has 1 aliphatic heterocycles. The molecule has 0 aromatic carbocycles. The van der Waals surface area contributed by atoms with Gasteiger partial charge in [-0.25, -0.2) is 4.79 Å². The van der Waals surface area contributed by atoms with E-state index in [1.54, 1.807) is 11.9 Å². The Kier molecular flexibility index (Phi) is 2.96. The summed E-state index contributed by atoms with van der Waals surface area (Å²) in [6.45, 7) is 6.44. The lowest BCUT2D eigenvalue weighted by atomic mass is 10.1. The summed E-state index contributed by atoms with van der Waals surface area (Å²) in [5.41, 5.74) is 1.08. The van der Waals surface area contributed by atoms with Crippen LogP contribution in [0.3, 0.4) is 0 Å². The second-order valence-electron chi connectivity index (χ2n) is 5.58. The molecule has 0 saturated carbocycles. The summed E-state index contributed by atoms with van der Waals surface area (Å²) >= 11 is 0. The number of aromatic amines is 1. The number of hydrogen-bond donors (Lipinski definition) is 1. The Balaban J connectivity index is 2.13. The van der Waals surface area contributed by atoms with Crippen LogP contribution >= 0.6 is 0 Å². The zero-order valence-electron chi connectivity index (χ0n) is 11.2. The molecule has 6 heteroatoms. The van der Waals surface area contributed by atoms with Crippen molar-refractivity contribution in [3.63, 3.8) is 0 Å². The van der Waals surface area contributed by atoms with E-state index in [0.29, 0.717) is 19.5 Å². The Bertz CT molecular complexity index is 522. The van der Waals surface area contributed by atoms with E-state index < -0.39 is 5.60 Å². The molecule has 0 unspecified atom stereocenters. The van der Waals surface area contributed by atoms with Gasteiger partial charge in [0, 0.05) is 19.2 Å². The van der Waals surface area contributed by atoms with Crippen molar-refractivity contribution >= 4 is 6.09 Å². The lowest BCUT2D eigenvalue weighted by Crippen LogP contribution is -2.40. The van der Waals surface area contributed by atoms with E-state index in [-0.39, 0.29) is 11.7 Å². The Hall–Kier alpha value is -1.72. The van der Waals surface area contributed by atoms with Crippen molar-refractivity contribution < 1.29 is 9.53 Å². The lowest BCUT2D eigenvalue weighted by Gasteiger charge is -2.29. The standard InChI is InChI=1S/C12H19N3O3/c1-12(2,3)18-11(17)15-6-5-8-9(7-15)13-14(4)10(8)16/h13H,5-7H2,1-4H3. The maximum Gasteiger partial charge on any atom is 0.410 e. The quantitative estimate of drug-likeness (QED) is 0.750. The van der Waals surface area contributed by atoms with Crippen molar-refractivity contribution in [1.29, 1.82) is 0 Å². The molecule has 1 aliphatic rings. The summed E-state index contributed by atoms with van der Waals surface area (Å²) < 4.78 is 6.77. The van der Waals surface area contributed by atoms with Gasteiger partial charge in [0.25, 0.3) is 5.56 Å². The van der Waals surface area contributed by atoms with Crippen LogP contribution in [-0.4, -0.2) is 32.9 Å². The second-order valence-corrected chi connectivity index (χ2v) is 5.58. The molecule has 1 N–H and O–H groups in total. The number of amides is 1. The molecule has 0 aliphatic carbocycles. The van der Waals surface area contributed by atoms with Crippen LogP contribution in [0.15, 0.2) is 4.79 Å². The predicted molar refractivity (Wildman–Crippen MR) is 66.4 cm³/mol. The van der Waals surface area contributed by atoms with E-state index >= 15 is 0 Å². The average molecular weight is 253 g/mol. The highest BCUT2D eigenvalue weighted by Crippen LogP contribution is 2.17. The molecule has 18 heavy (non-hydrogen) atoms. The van der Waals surface area contributed by atoms with Gasteiger partial charge in [-0.2, -0.15) is 0 Å². The van der Waals surface area contributed by atoms with Gasteiger partial charge < -0.3 is 9.64 Å². The van der Waals surface area contributed by atoms with E-state index in [2.05, 4.69) is 5.10 Å². The zero-order chi connectivity index (χ0) is 13.5. The molecule has 2 rings (SSSR count). The first-order valence-electron chi connectivity index (χ1n) is 6.02. The van der Waals surface area contributed by atoms with Crippen LogP contribution in [0.1, 0.15) is 32.0 Å². The highest BCUT2D eigenvalue weighted by Gasteiger charge is 2.28. The maximum absolute atomic E-state index is 11.9. The van der Waals surface area contributed by atoms with E-state index in [0.717, 1.165) is 11.3 Å². The van der Waals surface area contributed by atoms with E-state index in [1.165, 1.54) is 4.68 Å². The van der Waals surface area contributed by atoms with Crippen LogP contribution in [0.4, 0.5) is 4.79 Å². The number of hydrogen-bond acceptors (Lipinski definition) is 3. The molecule has 0 spiro atoms. The van der Waals surface area contributed by atoms with Crippen molar-refractivity contribution in [3.05, 3.63) is 21.6 Å². The van der Waals surface area contributed by atoms with E-state index in [4.69, 9.17) is 4.74 Å². The number of ether oxygens (including phenoxy) is 1. The van der Waals surface area contributed by atoms with E-state index in [1.807, 2.05) is 20.8 Å². The minimum absolute atomic E-state index is 0.00570. The van der Waals surface area contributed by atoms with Gasteiger partial charge >= 0.3 is 6.09 Å². The molecule has 2 heterocycles. The molecule has 6 nitrogen and oxygen atoms in total. The van der Waals surface area contributed by atoms with Gasteiger partial charge in [0.15, 0.2) is 0 Å². The fraction of sp³-hybridized carbons (Fsp3) is 0.667. The monoisotopic (exact) mass is 253 g/mol. The lowest BCUT2D eigenvalue weighted by molar-refractivity contribution is 0.0221. The van der Waals surface area contributed by atoms with Crippen LogP contribution in [0, 0.1) is 0 Å². The van der Waals surface area contributed by atoms with Crippen molar-refractivity contribution in [1.82, 2.24) is 14.7 Å². The van der Waals surface area contributed by atoms with Crippen LogP contribution in [0.25, 0.3) is 0 Å². The van der Waals surface area contributed by atoms with Gasteiger partial charge in [0.2, 0.25) is 0 Å². The minimum Gasteiger partial charge on any atom is -0.444 e. The molecule has 100 valence electrons. The Morgan fingerprint density at radius 1 is 1.39 bits per heavy atom. The van der Waals surface area contributed by atoms with Crippen LogP contribution in [-0.2, 0) is 24.8 Å². The second kappa shape index (κ2) is 4.19. The first-order valence-corrected chi connectivity index (χ1v) is 6.02. The van der Waals surface area contributed by atoms with Gasteiger partial charge in [-0.1, -0.05) is 0 Å². The highest BCUT2D eigenvalue weighted by molar-refractivity contribution is 5.68. The van der Waals surface area contributed by atoms with Gasteiger partial charge in [0.05, 0.1) is 12.2 Å². The number of aromatic nitrogens is 2. The predicted octanol–water partition coefficient (Wildman–Crippen LogP) is 1.01. The molecule has 1 amide bonds. The fourth-order valence-corrected chi connectivity index (χ4v) is 2.04. The summed E-state index contributed by atoms with van der Waals surface area (Å²) in [6.07, 6.45) is 0.239.